The van der Waals surface area contributed by atoms with Crippen molar-refractivity contribution in [1.82, 2.24) is 0 Å². The molecule has 0 fully saturated rings. The first kappa shape index (κ1) is 9.04. The van der Waals surface area contributed by atoms with Crippen LogP contribution in [0, 0.1) is 0 Å². The minimum Gasteiger partial charge on any atom is -0.388 e. The average Bonchev–Trinajstić information content (AvgIpc) is 2.36. The molecule has 1 aromatic heterocycles. The smallest absolute Gasteiger partial charge is 0.0882 e. The van der Waals surface area contributed by atoms with Crippen molar-refractivity contribution in [3.05, 3.63) is 21.3 Å². The molecule has 0 bridgehead atoms. The predicted octanol–water partition coefficient (Wildman–Crippen LogP) is 3.24. The van der Waals surface area contributed by atoms with E-state index in [0.717, 1.165) is 22.7 Å². The maximum absolute atomic E-state index is 9.49. The number of aliphatic hydroxyl groups is 1. The second kappa shape index (κ2) is 4.10. The molecule has 1 N–H and O–H groups in total. The van der Waals surface area contributed by atoms with E-state index in [1.165, 1.54) is 11.3 Å². The average molecular weight is 191 g/mol. The molecule has 3 heteroatoms. The zero-order valence-electron chi connectivity index (χ0n) is 6.38. The van der Waals surface area contributed by atoms with Crippen molar-refractivity contribution >= 4 is 22.9 Å². The maximum Gasteiger partial charge on any atom is 0.0882 e. The monoisotopic (exact) mass is 190 g/mol. The fourth-order valence-electron chi connectivity index (χ4n) is 0.919. The lowest BCUT2D eigenvalue weighted by atomic mass is 10.2. The van der Waals surface area contributed by atoms with Crippen molar-refractivity contribution in [2.75, 3.05) is 0 Å². The molecule has 0 aliphatic rings. The van der Waals surface area contributed by atoms with Gasteiger partial charge in [0.15, 0.2) is 0 Å². The van der Waals surface area contributed by atoms with Crippen LogP contribution in [-0.4, -0.2) is 5.11 Å². The van der Waals surface area contributed by atoms with E-state index in [4.69, 9.17) is 11.6 Å². The minimum absolute atomic E-state index is 0.322. The second-order valence-corrected chi connectivity index (χ2v) is 3.85. The standard InChI is InChI=1S/C8H11ClOS/c1-2-3-7(10)8-4-6(9)5-11-8/h4-5,7,10H,2-3H2,1H3. The molecule has 0 saturated heterocycles. The van der Waals surface area contributed by atoms with Crippen LogP contribution in [0.4, 0.5) is 0 Å². The van der Waals surface area contributed by atoms with Crippen LogP contribution in [0.2, 0.25) is 5.02 Å². The summed E-state index contributed by atoms with van der Waals surface area (Å²) < 4.78 is 0. The first-order valence-electron chi connectivity index (χ1n) is 3.66. The van der Waals surface area contributed by atoms with Crippen molar-refractivity contribution in [1.29, 1.82) is 0 Å². The molecule has 1 unspecified atom stereocenters. The van der Waals surface area contributed by atoms with E-state index >= 15 is 0 Å². The summed E-state index contributed by atoms with van der Waals surface area (Å²) in [5.41, 5.74) is 0. The molecule has 0 aliphatic carbocycles. The Kier molecular flexibility index (Phi) is 3.37. The van der Waals surface area contributed by atoms with Gasteiger partial charge >= 0.3 is 0 Å². The van der Waals surface area contributed by atoms with Gasteiger partial charge < -0.3 is 5.11 Å². The van der Waals surface area contributed by atoms with Crippen LogP contribution in [0.1, 0.15) is 30.7 Å². The molecule has 0 aromatic carbocycles. The van der Waals surface area contributed by atoms with Gasteiger partial charge in [0.1, 0.15) is 0 Å². The summed E-state index contributed by atoms with van der Waals surface area (Å²) in [6.45, 7) is 2.05. The quantitative estimate of drug-likeness (QED) is 0.776. The van der Waals surface area contributed by atoms with Gasteiger partial charge in [0.05, 0.1) is 11.1 Å². The summed E-state index contributed by atoms with van der Waals surface area (Å²) in [4.78, 5) is 0.969. The first-order chi connectivity index (χ1) is 5.24. The van der Waals surface area contributed by atoms with E-state index in [9.17, 15) is 5.11 Å². The summed E-state index contributed by atoms with van der Waals surface area (Å²) in [5, 5.41) is 12.1. The highest BCUT2D eigenvalue weighted by Crippen LogP contribution is 2.27. The van der Waals surface area contributed by atoms with E-state index < -0.39 is 0 Å². The molecule has 1 rings (SSSR count). The van der Waals surface area contributed by atoms with E-state index in [1.54, 1.807) is 0 Å². The van der Waals surface area contributed by atoms with Crippen LogP contribution in [-0.2, 0) is 0 Å². The van der Waals surface area contributed by atoms with Crippen LogP contribution < -0.4 is 0 Å². The maximum atomic E-state index is 9.49. The third-order valence-corrected chi connectivity index (χ3v) is 2.86. The number of hydrogen-bond acceptors (Lipinski definition) is 2. The van der Waals surface area contributed by atoms with Gasteiger partial charge in [0.25, 0.3) is 0 Å². The van der Waals surface area contributed by atoms with Crippen molar-refractivity contribution in [2.24, 2.45) is 0 Å². The van der Waals surface area contributed by atoms with Crippen molar-refractivity contribution in [3.8, 4) is 0 Å². The Bertz CT molecular complexity index is 222. The van der Waals surface area contributed by atoms with Gasteiger partial charge in [-0.05, 0) is 12.5 Å². The number of hydrogen-bond donors (Lipinski definition) is 1. The molecule has 0 aliphatic heterocycles. The number of thiophene rings is 1. The van der Waals surface area contributed by atoms with Crippen molar-refractivity contribution in [2.45, 2.75) is 25.9 Å². The van der Waals surface area contributed by atoms with Gasteiger partial charge in [-0.3, -0.25) is 0 Å². The predicted molar refractivity (Wildman–Crippen MR) is 49.2 cm³/mol. The van der Waals surface area contributed by atoms with Crippen LogP contribution in [0.25, 0.3) is 0 Å². The van der Waals surface area contributed by atoms with E-state index in [0.29, 0.717) is 0 Å². The number of halogens is 1. The lowest BCUT2D eigenvalue weighted by molar-refractivity contribution is 0.170. The zero-order valence-corrected chi connectivity index (χ0v) is 7.95. The SMILES string of the molecule is CCCC(O)c1cc(Cl)cs1. The first-order valence-corrected chi connectivity index (χ1v) is 4.91. The summed E-state index contributed by atoms with van der Waals surface area (Å²) in [6.07, 6.45) is 1.49. The van der Waals surface area contributed by atoms with Gasteiger partial charge in [-0.2, -0.15) is 0 Å². The third-order valence-electron chi connectivity index (χ3n) is 1.48. The molecule has 1 nitrogen and oxygen atoms in total. The van der Waals surface area contributed by atoms with E-state index in [-0.39, 0.29) is 6.10 Å². The second-order valence-electron chi connectivity index (χ2n) is 2.47. The van der Waals surface area contributed by atoms with Crippen molar-refractivity contribution in [3.63, 3.8) is 0 Å². The largest absolute Gasteiger partial charge is 0.388 e. The van der Waals surface area contributed by atoms with Crippen LogP contribution >= 0.6 is 22.9 Å². The highest BCUT2D eigenvalue weighted by Gasteiger charge is 2.07. The Morgan fingerprint density at radius 1 is 1.73 bits per heavy atom. The Balaban J connectivity index is 2.60. The number of aliphatic hydroxyl groups excluding tert-OH is 1. The Hall–Kier alpha value is -0.0500. The fourth-order valence-corrected chi connectivity index (χ4v) is 2.02. The van der Waals surface area contributed by atoms with E-state index in [2.05, 4.69) is 6.92 Å². The Morgan fingerprint density at radius 2 is 2.45 bits per heavy atom. The third kappa shape index (κ3) is 2.47. The van der Waals surface area contributed by atoms with E-state index in [1.807, 2.05) is 11.4 Å². The normalized spacial score (nSPS) is 13.4. The summed E-state index contributed by atoms with van der Waals surface area (Å²) in [6, 6.07) is 1.83. The highest BCUT2D eigenvalue weighted by molar-refractivity contribution is 7.10. The summed E-state index contributed by atoms with van der Waals surface area (Å²) in [7, 11) is 0. The Morgan fingerprint density at radius 3 is 2.91 bits per heavy atom. The summed E-state index contributed by atoms with van der Waals surface area (Å²) in [5.74, 6) is 0. The Labute approximate surface area is 75.6 Å². The van der Waals surface area contributed by atoms with Gasteiger partial charge in [-0.1, -0.05) is 24.9 Å². The van der Waals surface area contributed by atoms with Crippen LogP contribution in [0.3, 0.4) is 0 Å². The molecule has 0 amide bonds. The van der Waals surface area contributed by atoms with Gasteiger partial charge in [-0.25, -0.2) is 0 Å². The molecule has 1 aromatic rings. The highest BCUT2D eigenvalue weighted by atomic mass is 35.5. The van der Waals surface area contributed by atoms with Gasteiger partial charge in [-0.15, -0.1) is 11.3 Å². The zero-order chi connectivity index (χ0) is 8.27. The van der Waals surface area contributed by atoms with Gasteiger partial charge in [0, 0.05) is 10.3 Å². The van der Waals surface area contributed by atoms with Crippen LogP contribution in [0.15, 0.2) is 11.4 Å². The molecular formula is C8H11ClOS. The lowest BCUT2D eigenvalue weighted by Gasteiger charge is -2.04. The minimum atomic E-state index is -0.322. The lowest BCUT2D eigenvalue weighted by Crippen LogP contribution is -1.91. The number of rotatable bonds is 3. The molecular weight excluding hydrogens is 180 g/mol. The molecule has 62 valence electrons. The molecule has 11 heavy (non-hydrogen) atoms. The molecule has 0 spiro atoms. The molecule has 0 radical (unpaired) electrons. The topological polar surface area (TPSA) is 20.2 Å². The molecule has 1 atom stereocenters. The molecule has 0 saturated carbocycles. The van der Waals surface area contributed by atoms with Gasteiger partial charge in [0.2, 0.25) is 0 Å². The van der Waals surface area contributed by atoms with Crippen LogP contribution in [0.5, 0.6) is 0 Å². The fraction of sp³-hybridized carbons (Fsp3) is 0.500. The van der Waals surface area contributed by atoms with Crippen molar-refractivity contribution < 1.29 is 5.11 Å². The molecule has 1 heterocycles. The summed E-state index contributed by atoms with van der Waals surface area (Å²) >= 11 is 7.22.